The van der Waals surface area contributed by atoms with Crippen molar-refractivity contribution >= 4 is 29.3 Å². The molecule has 2 aromatic heterocycles. The molecular weight excluding hydrogens is 472 g/mol. The van der Waals surface area contributed by atoms with E-state index in [1.807, 2.05) is 24.0 Å². The summed E-state index contributed by atoms with van der Waals surface area (Å²) in [5.74, 6) is 2.02. The summed E-state index contributed by atoms with van der Waals surface area (Å²) in [6, 6.07) is 7.32. The molecule has 3 aromatic rings. The number of halogens is 1. The number of hydrogen-bond acceptors (Lipinski definition) is 7. The summed E-state index contributed by atoms with van der Waals surface area (Å²) < 4.78 is 6.24. The van der Waals surface area contributed by atoms with Crippen LogP contribution in [-0.2, 0) is 17.8 Å². The molecule has 1 saturated heterocycles. The van der Waals surface area contributed by atoms with Gasteiger partial charge < -0.3 is 14.7 Å². The molecule has 5 rings (SSSR count). The highest BCUT2D eigenvalue weighted by molar-refractivity contribution is 7.99. The van der Waals surface area contributed by atoms with Gasteiger partial charge in [-0.25, -0.2) is 4.98 Å². The minimum Gasteiger partial charge on any atom is -0.436 e. The summed E-state index contributed by atoms with van der Waals surface area (Å²) in [4.78, 5) is 28.7. The Labute approximate surface area is 207 Å². The van der Waals surface area contributed by atoms with Gasteiger partial charge in [-0.1, -0.05) is 23.4 Å². The van der Waals surface area contributed by atoms with Crippen molar-refractivity contribution in [1.82, 2.24) is 19.9 Å². The van der Waals surface area contributed by atoms with Crippen LogP contribution in [0.3, 0.4) is 0 Å². The lowest BCUT2D eigenvalue weighted by molar-refractivity contribution is -0.129. The van der Waals surface area contributed by atoms with Crippen molar-refractivity contribution in [3.8, 4) is 23.0 Å². The summed E-state index contributed by atoms with van der Waals surface area (Å²) >= 11 is 7.48. The molecule has 34 heavy (non-hydrogen) atoms. The monoisotopic (exact) mass is 496 g/mol. The number of carbonyl (C=O) groups excluding carboxylic acids is 1. The fourth-order valence-electron chi connectivity index (χ4n) is 4.31. The molecule has 1 fully saturated rings. The SMILES string of the molecule is Cc1ncc(CO)c2c1Oc1nc(-c3ccc(Cl)cc3)nc(SCC(=O)N3CCCCC3)c1C2. The van der Waals surface area contributed by atoms with E-state index in [9.17, 15) is 9.90 Å². The zero-order valence-electron chi connectivity index (χ0n) is 18.9. The lowest BCUT2D eigenvalue weighted by atomic mass is 9.99. The number of carbonyl (C=O) groups is 1. The Hall–Kier alpha value is -2.68. The molecule has 7 nitrogen and oxygen atoms in total. The van der Waals surface area contributed by atoms with Gasteiger partial charge in [0.25, 0.3) is 0 Å². The highest BCUT2D eigenvalue weighted by Crippen LogP contribution is 2.42. The lowest BCUT2D eigenvalue weighted by Crippen LogP contribution is -2.36. The maximum Gasteiger partial charge on any atom is 0.232 e. The third-order valence-corrected chi connectivity index (χ3v) is 7.46. The first kappa shape index (κ1) is 23.1. The number of hydrogen-bond donors (Lipinski definition) is 1. The van der Waals surface area contributed by atoms with Gasteiger partial charge in [0.1, 0.15) is 5.03 Å². The van der Waals surface area contributed by atoms with Crippen molar-refractivity contribution in [3.05, 3.63) is 57.9 Å². The Kier molecular flexibility index (Phi) is 6.72. The summed E-state index contributed by atoms with van der Waals surface area (Å²) in [5, 5.41) is 11.2. The quantitative estimate of drug-likeness (QED) is 0.314. The molecule has 0 unspecified atom stereocenters. The Morgan fingerprint density at radius 2 is 1.91 bits per heavy atom. The first-order chi connectivity index (χ1) is 16.5. The molecule has 1 N–H and O–H groups in total. The third-order valence-electron chi connectivity index (χ3n) is 6.20. The van der Waals surface area contributed by atoms with Crippen LogP contribution in [-0.4, -0.2) is 49.7 Å². The second-order valence-electron chi connectivity index (χ2n) is 8.49. The van der Waals surface area contributed by atoms with Crippen LogP contribution in [0.25, 0.3) is 11.4 Å². The maximum absolute atomic E-state index is 12.8. The fraction of sp³-hybridized carbons (Fsp3) is 0.360. The molecule has 4 heterocycles. The number of fused-ring (bicyclic) bond motifs is 2. The van der Waals surface area contributed by atoms with Gasteiger partial charge >= 0.3 is 0 Å². The van der Waals surface area contributed by atoms with E-state index in [4.69, 9.17) is 26.3 Å². The second kappa shape index (κ2) is 9.90. The van der Waals surface area contributed by atoms with E-state index in [0.717, 1.165) is 48.3 Å². The zero-order chi connectivity index (χ0) is 23.7. The van der Waals surface area contributed by atoms with Crippen LogP contribution in [0.2, 0.25) is 5.02 Å². The predicted octanol–water partition coefficient (Wildman–Crippen LogP) is 4.79. The van der Waals surface area contributed by atoms with Crippen molar-refractivity contribution in [3.63, 3.8) is 0 Å². The number of piperidine rings is 1. The van der Waals surface area contributed by atoms with Crippen LogP contribution < -0.4 is 4.74 Å². The number of aryl methyl sites for hydroxylation is 1. The number of aromatic nitrogens is 3. The highest BCUT2D eigenvalue weighted by atomic mass is 35.5. The Bertz CT molecular complexity index is 1230. The minimum absolute atomic E-state index is 0.123. The molecule has 1 amide bonds. The summed E-state index contributed by atoms with van der Waals surface area (Å²) in [6.07, 6.45) is 5.48. The van der Waals surface area contributed by atoms with Crippen LogP contribution in [0.4, 0.5) is 0 Å². The van der Waals surface area contributed by atoms with Crippen molar-refractivity contribution in [2.24, 2.45) is 0 Å². The number of thioether (sulfide) groups is 1. The molecule has 2 aliphatic rings. The molecule has 2 aliphatic heterocycles. The number of ether oxygens (including phenoxy) is 1. The van der Waals surface area contributed by atoms with Gasteiger partial charge in [0.15, 0.2) is 11.6 Å². The first-order valence-electron chi connectivity index (χ1n) is 11.4. The molecule has 176 valence electrons. The van der Waals surface area contributed by atoms with E-state index in [-0.39, 0.29) is 12.5 Å². The standard InChI is InChI=1S/C25H25ClN4O3S/c1-15-22-19(17(13-31)12-27-15)11-20-24(33-22)28-23(16-5-7-18(26)8-6-16)29-25(20)34-14-21(32)30-9-3-2-4-10-30/h5-8,12,31H,2-4,9-11,13-14H2,1H3. The number of amides is 1. The molecular formula is C25H25ClN4O3S. The maximum atomic E-state index is 12.8. The summed E-state index contributed by atoms with van der Waals surface area (Å²) in [6.45, 7) is 3.38. The van der Waals surface area contributed by atoms with Crippen LogP contribution in [0, 0.1) is 6.92 Å². The van der Waals surface area contributed by atoms with Gasteiger partial charge in [0.2, 0.25) is 11.8 Å². The molecule has 9 heteroatoms. The van der Waals surface area contributed by atoms with E-state index in [1.54, 1.807) is 18.3 Å². The Balaban J connectivity index is 1.52. The van der Waals surface area contributed by atoms with E-state index >= 15 is 0 Å². The van der Waals surface area contributed by atoms with Gasteiger partial charge in [0.05, 0.1) is 23.6 Å². The Morgan fingerprint density at radius 3 is 2.65 bits per heavy atom. The van der Waals surface area contributed by atoms with Gasteiger partial charge in [-0.2, -0.15) is 4.98 Å². The lowest BCUT2D eigenvalue weighted by Gasteiger charge is -2.27. The molecule has 1 aromatic carbocycles. The van der Waals surface area contributed by atoms with Crippen molar-refractivity contribution in [2.45, 2.75) is 44.2 Å². The normalized spacial score (nSPS) is 14.9. The van der Waals surface area contributed by atoms with E-state index in [2.05, 4.69) is 4.98 Å². The fourth-order valence-corrected chi connectivity index (χ4v) is 5.36. The van der Waals surface area contributed by atoms with Crippen molar-refractivity contribution in [2.75, 3.05) is 18.8 Å². The molecule has 0 saturated carbocycles. The number of rotatable bonds is 5. The van der Waals surface area contributed by atoms with Crippen LogP contribution in [0.1, 0.15) is 41.6 Å². The Morgan fingerprint density at radius 1 is 1.15 bits per heavy atom. The molecule has 0 spiro atoms. The molecule has 0 radical (unpaired) electrons. The van der Waals surface area contributed by atoms with Crippen molar-refractivity contribution in [1.29, 1.82) is 0 Å². The van der Waals surface area contributed by atoms with Crippen LogP contribution >= 0.6 is 23.4 Å². The van der Waals surface area contributed by atoms with Gasteiger partial charge in [-0.05, 0) is 50.5 Å². The first-order valence-corrected chi connectivity index (χ1v) is 12.7. The molecule has 0 aliphatic carbocycles. The number of pyridine rings is 1. The van der Waals surface area contributed by atoms with Crippen LogP contribution in [0.15, 0.2) is 35.5 Å². The molecule has 0 atom stereocenters. The number of aliphatic hydroxyl groups is 1. The van der Waals surface area contributed by atoms with E-state index < -0.39 is 0 Å². The van der Waals surface area contributed by atoms with E-state index in [1.165, 1.54) is 18.2 Å². The zero-order valence-corrected chi connectivity index (χ0v) is 20.5. The smallest absolute Gasteiger partial charge is 0.232 e. The number of aliphatic hydroxyl groups excluding tert-OH is 1. The third kappa shape index (κ3) is 4.62. The second-order valence-corrected chi connectivity index (χ2v) is 9.89. The number of benzene rings is 1. The van der Waals surface area contributed by atoms with Gasteiger partial charge in [-0.3, -0.25) is 9.78 Å². The average molecular weight is 497 g/mol. The summed E-state index contributed by atoms with van der Waals surface area (Å²) in [5.41, 5.74) is 3.97. The van der Waals surface area contributed by atoms with Crippen molar-refractivity contribution < 1.29 is 14.6 Å². The predicted molar refractivity (Wildman–Crippen MR) is 131 cm³/mol. The number of nitrogens with zero attached hydrogens (tertiary/aromatic N) is 4. The average Bonchev–Trinajstić information content (AvgIpc) is 2.87. The largest absolute Gasteiger partial charge is 0.436 e. The van der Waals surface area contributed by atoms with Gasteiger partial charge in [-0.15, -0.1) is 0 Å². The van der Waals surface area contributed by atoms with Gasteiger partial charge in [0, 0.05) is 47.4 Å². The summed E-state index contributed by atoms with van der Waals surface area (Å²) in [7, 11) is 0. The van der Waals surface area contributed by atoms with E-state index in [0.29, 0.717) is 45.2 Å². The van der Waals surface area contributed by atoms with Crippen LogP contribution in [0.5, 0.6) is 11.6 Å². The molecule has 0 bridgehead atoms. The minimum atomic E-state index is -0.131. The topological polar surface area (TPSA) is 88.4 Å². The number of likely N-dealkylation sites (tertiary alicyclic amines) is 1. The highest BCUT2D eigenvalue weighted by Gasteiger charge is 2.28.